The minimum Gasteiger partial charge on any atom is -0.195 e. The monoisotopic (exact) mass is 302 g/mol. The molecular weight excluding hydrogens is 284 g/mol. The van der Waals surface area contributed by atoms with Gasteiger partial charge < -0.3 is 0 Å². The second-order valence-corrected chi connectivity index (χ2v) is 7.32. The molecule has 1 aliphatic rings. The van der Waals surface area contributed by atoms with Crippen molar-refractivity contribution in [2.45, 2.75) is 25.8 Å². The van der Waals surface area contributed by atoms with Crippen molar-refractivity contribution in [1.82, 2.24) is 8.61 Å². The highest BCUT2D eigenvalue weighted by Gasteiger charge is 2.27. The van der Waals surface area contributed by atoms with Crippen molar-refractivity contribution in [3.05, 3.63) is 34.9 Å². The first kappa shape index (κ1) is 14.8. The van der Waals surface area contributed by atoms with E-state index in [1.807, 2.05) is 12.1 Å². The molecule has 4 nitrogen and oxygen atoms in total. The summed E-state index contributed by atoms with van der Waals surface area (Å²) in [6.07, 6.45) is 3.02. The summed E-state index contributed by atoms with van der Waals surface area (Å²) in [6, 6.07) is 7.26. The number of halogens is 1. The van der Waals surface area contributed by atoms with Crippen molar-refractivity contribution in [3.8, 4) is 0 Å². The molecule has 0 aromatic heterocycles. The zero-order chi connectivity index (χ0) is 13.9. The Balaban J connectivity index is 2.05. The summed E-state index contributed by atoms with van der Waals surface area (Å²) in [4.78, 5) is 0. The van der Waals surface area contributed by atoms with Gasteiger partial charge in [0.05, 0.1) is 0 Å². The minimum atomic E-state index is -3.34. The molecule has 0 radical (unpaired) electrons. The zero-order valence-corrected chi connectivity index (χ0v) is 12.6. The SMILES string of the molecule is CN(Cc1ccc(Cl)cc1)S(=O)(=O)N1CCCCC1. The Morgan fingerprint density at radius 1 is 1.16 bits per heavy atom. The molecule has 1 aliphatic heterocycles. The minimum absolute atomic E-state index is 0.371. The molecule has 1 fully saturated rings. The molecule has 0 saturated carbocycles. The number of piperidine rings is 1. The fourth-order valence-electron chi connectivity index (χ4n) is 2.22. The lowest BCUT2D eigenvalue weighted by molar-refractivity contribution is 0.314. The van der Waals surface area contributed by atoms with E-state index in [0.29, 0.717) is 24.7 Å². The molecule has 106 valence electrons. The van der Waals surface area contributed by atoms with Crippen LogP contribution in [0.2, 0.25) is 5.02 Å². The van der Waals surface area contributed by atoms with Crippen molar-refractivity contribution in [2.75, 3.05) is 20.1 Å². The van der Waals surface area contributed by atoms with Gasteiger partial charge in [0.25, 0.3) is 10.2 Å². The van der Waals surface area contributed by atoms with Crippen LogP contribution in [0.3, 0.4) is 0 Å². The summed E-state index contributed by atoms with van der Waals surface area (Å²) in [5.74, 6) is 0. The fourth-order valence-corrected chi connectivity index (χ4v) is 3.77. The molecule has 2 rings (SSSR count). The van der Waals surface area contributed by atoms with Crippen LogP contribution in [-0.2, 0) is 16.8 Å². The van der Waals surface area contributed by atoms with Gasteiger partial charge in [0.2, 0.25) is 0 Å². The smallest absolute Gasteiger partial charge is 0.195 e. The van der Waals surface area contributed by atoms with Gasteiger partial charge in [-0.3, -0.25) is 0 Å². The van der Waals surface area contributed by atoms with Gasteiger partial charge in [-0.25, -0.2) is 0 Å². The third-order valence-corrected chi connectivity index (χ3v) is 5.54. The number of hydrogen-bond acceptors (Lipinski definition) is 2. The van der Waals surface area contributed by atoms with Crippen LogP contribution in [0.25, 0.3) is 0 Å². The van der Waals surface area contributed by atoms with Gasteiger partial charge in [-0.1, -0.05) is 30.2 Å². The van der Waals surface area contributed by atoms with E-state index in [1.54, 1.807) is 23.5 Å². The molecule has 0 amide bonds. The summed E-state index contributed by atoms with van der Waals surface area (Å²) in [5, 5.41) is 0.658. The maximum absolute atomic E-state index is 12.4. The number of nitrogens with zero attached hydrogens (tertiary/aromatic N) is 2. The Morgan fingerprint density at radius 3 is 2.32 bits per heavy atom. The van der Waals surface area contributed by atoms with E-state index >= 15 is 0 Å². The van der Waals surface area contributed by atoms with Crippen molar-refractivity contribution in [2.24, 2.45) is 0 Å². The third-order valence-electron chi connectivity index (χ3n) is 3.35. The molecule has 0 aliphatic carbocycles. The highest BCUT2D eigenvalue weighted by Crippen LogP contribution is 2.18. The lowest BCUT2D eigenvalue weighted by atomic mass is 10.2. The Bertz CT molecular complexity index is 510. The highest BCUT2D eigenvalue weighted by molar-refractivity contribution is 7.86. The van der Waals surface area contributed by atoms with E-state index in [-0.39, 0.29) is 0 Å². The van der Waals surface area contributed by atoms with E-state index in [9.17, 15) is 8.42 Å². The molecule has 0 unspecified atom stereocenters. The molecule has 0 spiro atoms. The summed E-state index contributed by atoms with van der Waals surface area (Å²) in [6.45, 7) is 1.64. The first-order chi connectivity index (χ1) is 9.00. The molecular formula is C13H19ClN2O2S. The second-order valence-electron chi connectivity index (χ2n) is 4.85. The van der Waals surface area contributed by atoms with Crippen LogP contribution in [0.15, 0.2) is 24.3 Å². The molecule has 1 aromatic carbocycles. The highest BCUT2D eigenvalue weighted by atomic mass is 35.5. The van der Waals surface area contributed by atoms with Gasteiger partial charge in [0.1, 0.15) is 0 Å². The van der Waals surface area contributed by atoms with Crippen LogP contribution >= 0.6 is 11.6 Å². The average Bonchev–Trinajstić information content (AvgIpc) is 2.42. The Labute approximate surface area is 120 Å². The van der Waals surface area contributed by atoms with Gasteiger partial charge in [0.15, 0.2) is 0 Å². The van der Waals surface area contributed by atoms with Crippen molar-refractivity contribution in [1.29, 1.82) is 0 Å². The van der Waals surface area contributed by atoms with Crippen molar-refractivity contribution in [3.63, 3.8) is 0 Å². The number of benzene rings is 1. The third kappa shape index (κ3) is 3.69. The van der Waals surface area contributed by atoms with Crippen molar-refractivity contribution < 1.29 is 8.42 Å². The first-order valence-electron chi connectivity index (χ1n) is 6.46. The van der Waals surface area contributed by atoms with Gasteiger partial charge in [-0.2, -0.15) is 17.0 Å². The summed E-state index contributed by atoms with van der Waals surface area (Å²) in [5.41, 5.74) is 0.937. The van der Waals surface area contributed by atoms with Gasteiger partial charge in [0, 0.05) is 31.7 Å². The number of rotatable bonds is 4. The Kier molecular flexibility index (Phi) is 4.84. The van der Waals surface area contributed by atoms with E-state index < -0.39 is 10.2 Å². The van der Waals surface area contributed by atoms with Crippen LogP contribution in [-0.4, -0.2) is 37.2 Å². The summed E-state index contributed by atoms with van der Waals surface area (Å²) >= 11 is 5.82. The molecule has 19 heavy (non-hydrogen) atoms. The summed E-state index contributed by atoms with van der Waals surface area (Å²) in [7, 11) is -1.71. The quantitative estimate of drug-likeness (QED) is 0.857. The Hall–Kier alpha value is -0.620. The van der Waals surface area contributed by atoms with Crippen LogP contribution in [0.4, 0.5) is 0 Å². The van der Waals surface area contributed by atoms with Gasteiger partial charge in [-0.15, -0.1) is 0 Å². The Morgan fingerprint density at radius 2 is 1.74 bits per heavy atom. The van der Waals surface area contributed by atoms with Crippen molar-refractivity contribution >= 4 is 21.8 Å². The standard InChI is InChI=1S/C13H19ClN2O2S/c1-15(11-12-5-7-13(14)8-6-12)19(17,18)16-9-3-2-4-10-16/h5-8H,2-4,9-11H2,1H3. The molecule has 0 bridgehead atoms. The van der Waals surface area contributed by atoms with E-state index in [4.69, 9.17) is 11.6 Å². The number of hydrogen-bond donors (Lipinski definition) is 0. The van der Waals surface area contributed by atoms with Crippen LogP contribution in [0, 0.1) is 0 Å². The van der Waals surface area contributed by atoms with Crippen LogP contribution in [0.5, 0.6) is 0 Å². The van der Waals surface area contributed by atoms with Crippen LogP contribution < -0.4 is 0 Å². The average molecular weight is 303 g/mol. The fraction of sp³-hybridized carbons (Fsp3) is 0.538. The van der Waals surface area contributed by atoms with E-state index in [1.165, 1.54) is 4.31 Å². The zero-order valence-electron chi connectivity index (χ0n) is 11.0. The molecule has 0 N–H and O–H groups in total. The maximum atomic E-state index is 12.4. The summed E-state index contributed by atoms with van der Waals surface area (Å²) < 4.78 is 27.7. The first-order valence-corrected chi connectivity index (χ1v) is 8.23. The van der Waals surface area contributed by atoms with E-state index in [0.717, 1.165) is 24.8 Å². The molecule has 1 saturated heterocycles. The molecule has 0 atom stereocenters. The maximum Gasteiger partial charge on any atom is 0.282 e. The van der Waals surface area contributed by atoms with Crippen LogP contribution in [0.1, 0.15) is 24.8 Å². The normalized spacial score (nSPS) is 17.8. The lowest BCUT2D eigenvalue weighted by Gasteiger charge is -2.30. The molecule has 1 heterocycles. The molecule has 6 heteroatoms. The van der Waals surface area contributed by atoms with Gasteiger partial charge in [-0.05, 0) is 30.5 Å². The second kappa shape index (κ2) is 6.22. The predicted octanol–water partition coefficient (Wildman–Crippen LogP) is 2.50. The molecule has 1 aromatic rings. The van der Waals surface area contributed by atoms with Gasteiger partial charge >= 0.3 is 0 Å². The lowest BCUT2D eigenvalue weighted by Crippen LogP contribution is -2.43. The largest absolute Gasteiger partial charge is 0.282 e. The van der Waals surface area contributed by atoms with E-state index in [2.05, 4.69) is 0 Å². The predicted molar refractivity (Wildman–Crippen MR) is 77.3 cm³/mol. The topological polar surface area (TPSA) is 40.6 Å².